The van der Waals surface area contributed by atoms with Crippen molar-refractivity contribution in [3.05, 3.63) is 35.9 Å². The maximum Gasteiger partial charge on any atom is 0.223 e. The second-order valence-electron chi connectivity index (χ2n) is 6.25. The Morgan fingerprint density at radius 1 is 1.09 bits per heavy atom. The third kappa shape index (κ3) is 3.50. The first kappa shape index (κ1) is 17.0. The molecule has 120 valence electrons. The molecule has 1 aromatic rings. The van der Waals surface area contributed by atoms with E-state index in [4.69, 9.17) is 5.73 Å². The predicted octanol–water partition coefficient (Wildman–Crippen LogP) is 2.27. The van der Waals surface area contributed by atoms with Gasteiger partial charge in [0.2, 0.25) is 5.91 Å². The second-order valence-corrected chi connectivity index (χ2v) is 6.25. The molecular formula is C17H23ClN2O2. The number of nitrogens with zero attached hydrogens (tertiary/aromatic N) is 1. The Bertz CT molecular complexity index is 535. The number of nitrogens with two attached hydrogens (primary N) is 1. The molecule has 0 radical (unpaired) electrons. The van der Waals surface area contributed by atoms with E-state index in [1.807, 2.05) is 23.1 Å². The number of carbonyl (C=O) groups excluding carboxylic acids is 2. The smallest absolute Gasteiger partial charge is 0.223 e. The lowest BCUT2D eigenvalue weighted by Crippen LogP contribution is -2.33. The normalized spacial score (nSPS) is 26.4. The minimum Gasteiger partial charge on any atom is -0.342 e. The Balaban J connectivity index is 0.00000176. The maximum atomic E-state index is 12.3. The number of halogens is 1. The van der Waals surface area contributed by atoms with Crippen molar-refractivity contribution in [1.82, 2.24) is 4.90 Å². The van der Waals surface area contributed by atoms with E-state index in [1.165, 1.54) is 0 Å². The standard InChI is InChI=1S/C17H22N2O2.ClH/c18-15-7-6-13-10-19(11-14(13)15)17(21)9-8-16(20)12-4-2-1-3-5-12;/h1-5,13-15H,6-11,18H2;1H. The van der Waals surface area contributed by atoms with Crippen molar-refractivity contribution in [2.45, 2.75) is 31.7 Å². The Kier molecular flexibility index (Phi) is 5.59. The van der Waals surface area contributed by atoms with E-state index in [0.717, 1.165) is 25.9 Å². The zero-order valence-corrected chi connectivity index (χ0v) is 13.4. The highest BCUT2D eigenvalue weighted by Gasteiger charge is 2.42. The van der Waals surface area contributed by atoms with Crippen molar-refractivity contribution in [3.63, 3.8) is 0 Å². The maximum absolute atomic E-state index is 12.3. The lowest BCUT2D eigenvalue weighted by Gasteiger charge is -2.18. The molecule has 22 heavy (non-hydrogen) atoms. The molecule has 1 saturated heterocycles. The van der Waals surface area contributed by atoms with Crippen LogP contribution in [0.1, 0.15) is 36.0 Å². The first-order valence-electron chi connectivity index (χ1n) is 7.77. The van der Waals surface area contributed by atoms with Crippen LogP contribution in [0, 0.1) is 11.8 Å². The first-order valence-corrected chi connectivity index (χ1v) is 7.77. The van der Waals surface area contributed by atoms with Gasteiger partial charge in [0.1, 0.15) is 0 Å². The summed E-state index contributed by atoms with van der Waals surface area (Å²) < 4.78 is 0. The predicted molar refractivity (Wildman–Crippen MR) is 88.0 cm³/mol. The molecule has 0 bridgehead atoms. The molecule has 5 heteroatoms. The Hall–Kier alpha value is -1.39. The summed E-state index contributed by atoms with van der Waals surface area (Å²) >= 11 is 0. The fourth-order valence-corrected chi connectivity index (χ4v) is 3.66. The summed E-state index contributed by atoms with van der Waals surface area (Å²) in [6, 6.07) is 9.42. The van der Waals surface area contributed by atoms with E-state index in [2.05, 4.69) is 0 Å². The summed E-state index contributed by atoms with van der Waals surface area (Å²) in [5, 5.41) is 0. The quantitative estimate of drug-likeness (QED) is 0.865. The van der Waals surface area contributed by atoms with Crippen LogP contribution in [0.25, 0.3) is 0 Å². The average Bonchev–Trinajstić information content (AvgIpc) is 3.08. The molecule has 3 unspecified atom stereocenters. The second kappa shape index (κ2) is 7.25. The molecule has 4 nitrogen and oxygen atoms in total. The van der Waals surface area contributed by atoms with Crippen LogP contribution in [0.15, 0.2) is 30.3 Å². The van der Waals surface area contributed by atoms with Gasteiger partial charge in [-0.2, -0.15) is 0 Å². The van der Waals surface area contributed by atoms with E-state index in [0.29, 0.717) is 30.2 Å². The van der Waals surface area contributed by atoms with E-state index in [1.54, 1.807) is 12.1 Å². The zero-order valence-electron chi connectivity index (χ0n) is 12.6. The lowest BCUT2D eigenvalue weighted by atomic mass is 9.98. The first-order chi connectivity index (χ1) is 10.1. The largest absolute Gasteiger partial charge is 0.342 e. The molecular weight excluding hydrogens is 300 g/mol. The molecule has 3 rings (SSSR count). The Morgan fingerprint density at radius 3 is 2.50 bits per heavy atom. The SMILES string of the molecule is Cl.NC1CCC2CN(C(=O)CCC(=O)c3ccccc3)CC12. The van der Waals surface area contributed by atoms with Crippen molar-refractivity contribution < 1.29 is 9.59 Å². The molecule has 2 aliphatic rings. The van der Waals surface area contributed by atoms with Gasteiger partial charge in [-0.25, -0.2) is 0 Å². The fraction of sp³-hybridized carbons (Fsp3) is 0.529. The topological polar surface area (TPSA) is 63.4 Å². The molecule has 0 aromatic heterocycles. The van der Waals surface area contributed by atoms with Gasteiger partial charge in [0.25, 0.3) is 0 Å². The summed E-state index contributed by atoms with van der Waals surface area (Å²) in [4.78, 5) is 26.2. The highest BCUT2D eigenvalue weighted by Crippen LogP contribution is 2.37. The van der Waals surface area contributed by atoms with Crippen LogP contribution >= 0.6 is 12.4 Å². The van der Waals surface area contributed by atoms with E-state index in [9.17, 15) is 9.59 Å². The Labute approximate surface area is 137 Å². The number of benzene rings is 1. The van der Waals surface area contributed by atoms with Gasteiger partial charge >= 0.3 is 0 Å². The van der Waals surface area contributed by atoms with Crippen molar-refractivity contribution in [3.8, 4) is 0 Å². The number of carbonyl (C=O) groups is 2. The average molecular weight is 323 g/mol. The summed E-state index contributed by atoms with van der Waals surface area (Å²) in [6.07, 6.45) is 2.82. The van der Waals surface area contributed by atoms with Crippen LogP contribution < -0.4 is 5.73 Å². The summed E-state index contributed by atoms with van der Waals surface area (Å²) in [6.45, 7) is 1.61. The number of Topliss-reactive ketones (excluding diaryl/α,β-unsaturated/α-hetero) is 1. The number of ketones is 1. The van der Waals surface area contributed by atoms with Crippen molar-refractivity contribution in [2.24, 2.45) is 17.6 Å². The summed E-state index contributed by atoms with van der Waals surface area (Å²) in [5.74, 6) is 1.19. The van der Waals surface area contributed by atoms with Crippen LogP contribution in [0.3, 0.4) is 0 Å². The van der Waals surface area contributed by atoms with Crippen LogP contribution in [0.4, 0.5) is 0 Å². The molecule has 1 saturated carbocycles. The Morgan fingerprint density at radius 2 is 1.82 bits per heavy atom. The van der Waals surface area contributed by atoms with Crippen LogP contribution in [0.5, 0.6) is 0 Å². The van der Waals surface area contributed by atoms with Gasteiger partial charge in [0.15, 0.2) is 5.78 Å². The monoisotopic (exact) mass is 322 g/mol. The van der Waals surface area contributed by atoms with E-state index >= 15 is 0 Å². The number of fused-ring (bicyclic) bond motifs is 1. The van der Waals surface area contributed by atoms with Crippen molar-refractivity contribution in [1.29, 1.82) is 0 Å². The van der Waals surface area contributed by atoms with Crippen LogP contribution in [-0.2, 0) is 4.79 Å². The third-order valence-electron chi connectivity index (χ3n) is 4.93. The third-order valence-corrected chi connectivity index (χ3v) is 4.93. The van der Waals surface area contributed by atoms with Gasteiger partial charge < -0.3 is 10.6 Å². The summed E-state index contributed by atoms with van der Waals surface area (Å²) in [5.41, 5.74) is 6.77. The molecule has 1 aromatic carbocycles. The summed E-state index contributed by atoms with van der Waals surface area (Å²) in [7, 11) is 0. The fourth-order valence-electron chi connectivity index (χ4n) is 3.66. The van der Waals surface area contributed by atoms with Crippen LogP contribution in [-0.4, -0.2) is 35.7 Å². The number of hydrogen-bond donors (Lipinski definition) is 1. The van der Waals surface area contributed by atoms with Crippen molar-refractivity contribution >= 4 is 24.1 Å². The number of hydrogen-bond acceptors (Lipinski definition) is 3. The molecule has 1 aliphatic carbocycles. The highest BCUT2D eigenvalue weighted by molar-refractivity contribution is 5.97. The molecule has 1 heterocycles. The van der Waals surface area contributed by atoms with Gasteiger partial charge in [-0.05, 0) is 24.7 Å². The molecule has 1 amide bonds. The van der Waals surface area contributed by atoms with Crippen molar-refractivity contribution in [2.75, 3.05) is 13.1 Å². The molecule has 2 fully saturated rings. The van der Waals surface area contributed by atoms with Gasteiger partial charge in [-0.3, -0.25) is 9.59 Å². The van der Waals surface area contributed by atoms with Gasteiger partial charge in [0, 0.05) is 37.5 Å². The van der Waals surface area contributed by atoms with Gasteiger partial charge in [-0.15, -0.1) is 12.4 Å². The molecule has 0 spiro atoms. The van der Waals surface area contributed by atoms with Gasteiger partial charge in [-0.1, -0.05) is 30.3 Å². The minimum absolute atomic E-state index is 0. The van der Waals surface area contributed by atoms with Crippen LogP contribution in [0.2, 0.25) is 0 Å². The zero-order chi connectivity index (χ0) is 14.8. The van der Waals surface area contributed by atoms with Gasteiger partial charge in [0.05, 0.1) is 0 Å². The minimum atomic E-state index is 0. The number of amides is 1. The highest BCUT2D eigenvalue weighted by atomic mass is 35.5. The number of rotatable bonds is 4. The number of likely N-dealkylation sites (tertiary alicyclic amines) is 1. The molecule has 2 N–H and O–H groups in total. The van der Waals surface area contributed by atoms with E-state index in [-0.39, 0.29) is 30.1 Å². The van der Waals surface area contributed by atoms with E-state index < -0.39 is 0 Å². The molecule has 3 atom stereocenters. The lowest BCUT2D eigenvalue weighted by molar-refractivity contribution is -0.130. The molecule has 1 aliphatic heterocycles.